The van der Waals surface area contributed by atoms with E-state index in [1.165, 1.54) is 11.0 Å². The number of aliphatic hydroxyl groups excluding tert-OH is 1. The van der Waals surface area contributed by atoms with E-state index < -0.39 is 52.7 Å². The fourth-order valence-corrected chi connectivity index (χ4v) is 5.69. The predicted octanol–water partition coefficient (Wildman–Crippen LogP) is 2.19. The topological polar surface area (TPSA) is 82.8 Å². The van der Waals surface area contributed by atoms with E-state index in [2.05, 4.69) is 0 Å². The molecule has 4 saturated heterocycles. The smallest absolute Gasteiger partial charge is 0.390 e. The van der Waals surface area contributed by atoms with Crippen LogP contribution in [0.3, 0.4) is 0 Å². The van der Waals surface area contributed by atoms with Crippen molar-refractivity contribution in [3.63, 3.8) is 0 Å². The minimum absolute atomic E-state index is 0.0327. The Morgan fingerprint density at radius 1 is 1.39 bits per heavy atom. The van der Waals surface area contributed by atoms with Gasteiger partial charge in [-0.2, -0.15) is 18.4 Å². The van der Waals surface area contributed by atoms with E-state index in [-0.39, 0.29) is 18.2 Å². The molecular formula is C19H17F3N2O4. The van der Waals surface area contributed by atoms with Gasteiger partial charge in [0.1, 0.15) is 11.8 Å². The second-order valence-electron chi connectivity index (χ2n) is 8.15. The van der Waals surface area contributed by atoms with Gasteiger partial charge in [-0.15, -0.1) is 0 Å². The highest BCUT2D eigenvalue weighted by Gasteiger charge is 2.78. The molecule has 1 amide bonds. The molecule has 5 rings (SSSR count). The van der Waals surface area contributed by atoms with Crippen molar-refractivity contribution in [1.29, 1.82) is 5.26 Å². The number of anilines is 1. The first-order valence-corrected chi connectivity index (χ1v) is 9.07. The predicted molar refractivity (Wildman–Crippen MR) is 87.8 cm³/mol. The molecule has 0 aliphatic carbocycles. The maximum atomic E-state index is 13.4. The highest BCUT2D eigenvalue weighted by atomic mass is 19.4. The Bertz CT molecular complexity index is 929. The quantitative estimate of drug-likeness (QED) is 0.790. The van der Waals surface area contributed by atoms with E-state index in [1.807, 2.05) is 0 Å². The van der Waals surface area contributed by atoms with Gasteiger partial charge in [0.25, 0.3) is 0 Å². The summed E-state index contributed by atoms with van der Waals surface area (Å²) in [5, 5.41) is 19.6. The van der Waals surface area contributed by atoms with E-state index >= 15 is 0 Å². The molecule has 28 heavy (non-hydrogen) atoms. The summed E-state index contributed by atoms with van der Waals surface area (Å²) in [5.41, 5.74) is -3.35. The summed E-state index contributed by atoms with van der Waals surface area (Å²) in [7, 11) is 0. The molecule has 0 saturated carbocycles. The van der Waals surface area contributed by atoms with Crippen molar-refractivity contribution in [1.82, 2.24) is 0 Å². The van der Waals surface area contributed by atoms with Crippen LogP contribution in [0, 0.1) is 23.2 Å². The number of carbonyl (C=O) groups is 1. The van der Waals surface area contributed by atoms with E-state index in [4.69, 9.17) is 14.7 Å². The third-order valence-corrected chi connectivity index (χ3v) is 6.72. The minimum Gasteiger partial charge on any atom is -0.390 e. The monoisotopic (exact) mass is 394 g/mol. The number of ether oxygens (including phenoxy) is 2. The number of carbonyl (C=O) groups excluding carboxylic acids is 1. The van der Waals surface area contributed by atoms with E-state index in [9.17, 15) is 23.1 Å². The first kappa shape index (κ1) is 17.9. The largest absolute Gasteiger partial charge is 0.417 e. The van der Waals surface area contributed by atoms with Crippen LogP contribution in [0.2, 0.25) is 0 Å². The third-order valence-electron chi connectivity index (χ3n) is 6.72. The number of amides is 1. The van der Waals surface area contributed by atoms with Gasteiger partial charge in [-0.3, -0.25) is 9.69 Å². The number of hydrogen-bond acceptors (Lipinski definition) is 5. The van der Waals surface area contributed by atoms with E-state index in [1.54, 1.807) is 13.0 Å². The van der Waals surface area contributed by atoms with Gasteiger partial charge in [0.05, 0.1) is 47.3 Å². The minimum atomic E-state index is -4.72. The third kappa shape index (κ3) is 2.00. The number of hydrogen-bond donors (Lipinski definition) is 1. The lowest BCUT2D eigenvalue weighted by Gasteiger charge is -2.43. The summed E-state index contributed by atoms with van der Waals surface area (Å²) in [6, 6.07) is 4.77. The first-order valence-electron chi connectivity index (χ1n) is 9.07. The van der Waals surface area contributed by atoms with Gasteiger partial charge in [-0.25, -0.2) is 0 Å². The Morgan fingerprint density at radius 3 is 2.82 bits per heavy atom. The van der Waals surface area contributed by atoms with Crippen LogP contribution in [-0.4, -0.2) is 41.2 Å². The van der Waals surface area contributed by atoms with Crippen LogP contribution in [-0.2, 0) is 20.4 Å². The fourth-order valence-electron chi connectivity index (χ4n) is 5.69. The van der Waals surface area contributed by atoms with Crippen molar-refractivity contribution in [3.05, 3.63) is 29.3 Å². The summed E-state index contributed by atoms with van der Waals surface area (Å²) < 4.78 is 52.1. The molecule has 2 bridgehead atoms. The van der Waals surface area contributed by atoms with Gasteiger partial charge in [0, 0.05) is 18.5 Å². The average Bonchev–Trinajstić information content (AvgIpc) is 3.17. The Hall–Kier alpha value is -2.15. The number of benzene rings is 1. The molecule has 6 atom stereocenters. The lowest BCUT2D eigenvalue weighted by Crippen LogP contribution is -2.56. The van der Waals surface area contributed by atoms with Gasteiger partial charge < -0.3 is 14.6 Å². The number of nitrogens with zero attached hydrogens (tertiary/aromatic N) is 2. The number of nitriles is 1. The van der Waals surface area contributed by atoms with Gasteiger partial charge in [-0.05, 0) is 25.1 Å². The average molecular weight is 394 g/mol. The van der Waals surface area contributed by atoms with Crippen molar-refractivity contribution in [2.24, 2.45) is 11.8 Å². The van der Waals surface area contributed by atoms with Crippen LogP contribution in [0.25, 0.3) is 0 Å². The van der Waals surface area contributed by atoms with E-state index in [0.717, 1.165) is 12.1 Å². The van der Waals surface area contributed by atoms with E-state index in [0.29, 0.717) is 12.8 Å². The standard InChI is InChI=1S/C19H17F3N2O4/c1-17-7-12(25)18(28-17)4-5-27-16-14(18)13(17)15(26)24(16)10-3-2-9(8-23)11(6-10)19(20,21)22/h2-3,6,12-14,16,25H,4-5,7H2,1H3/t12?,13-,14+,16?,17?,18?/m0/s1. The van der Waals surface area contributed by atoms with Crippen LogP contribution in [0.4, 0.5) is 18.9 Å². The number of aliphatic hydroxyl groups is 1. The number of alkyl halides is 3. The number of fused-ring (bicyclic) bond motifs is 2. The Labute approximate surface area is 158 Å². The molecule has 1 aromatic rings. The molecule has 0 aromatic heterocycles. The zero-order valence-corrected chi connectivity index (χ0v) is 14.9. The Balaban J connectivity index is 1.62. The second-order valence-corrected chi connectivity index (χ2v) is 8.15. The molecule has 148 valence electrons. The molecule has 4 fully saturated rings. The van der Waals surface area contributed by atoms with Crippen LogP contribution < -0.4 is 4.90 Å². The first-order chi connectivity index (χ1) is 13.1. The molecule has 4 heterocycles. The van der Waals surface area contributed by atoms with Crippen LogP contribution in [0.5, 0.6) is 0 Å². The summed E-state index contributed by atoms with van der Waals surface area (Å²) in [5.74, 6) is -1.41. The summed E-state index contributed by atoms with van der Waals surface area (Å²) in [6.45, 7) is 2.00. The molecule has 9 heteroatoms. The van der Waals surface area contributed by atoms with Gasteiger partial charge in [0.2, 0.25) is 5.91 Å². The number of halogens is 3. The molecule has 4 unspecified atom stereocenters. The lowest BCUT2D eigenvalue weighted by atomic mass is 9.65. The SMILES string of the molecule is CC12CC(O)C3(CCOC4[C@H]3[C@H]1C(=O)N4c1ccc(C#N)c(C(F)(F)F)c1)O2. The van der Waals surface area contributed by atoms with Crippen LogP contribution >= 0.6 is 0 Å². The zero-order chi connectivity index (χ0) is 20.1. The molecule has 1 aromatic carbocycles. The fraction of sp³-hybridized carbons (Fsp3) is 0.579. The summed E-state index contributed by atoms with van der Waals surface area (Å²) in [6.07, 6.45) is -5.54. The highest BCUT2D eigenvalue weighted by Crippen LogP contribution is 2.65. The molecule has 4 aliphatic heterocycles. The van der Waals surface area contributed by atoms with Gasteiger partial charge in [-0.1, -0.05) is 0 Å². The van der Waals surface area contributed by atoms with Crippen LogP contribution in [0.1, 0.15) is 30.9 Å². The highest BCUT2D eigenvalue weighted by molar-refractivity contribution is 6.00. The molecule has 1 N–H and O–H groups in total. The van der Waals surface area contributed by atoms with Crippen LogP contribution in [0.15, 0.2) is 18.2 Å². The summed E-state index contributed by atoms with van der Waals surface area (Å²) >= 11 is 0. The Morgan fingerprint density at radius 2 is 2.14 bits per heavy atom. The molecule has 1 spiro atoms. The molecular weight excluding hydrogens is 377 g/mol. The van der Waals surface area contributed by atoms with Gasteiger partial charge in [0.15, 0.2) is 0 Å². The van der Waals surface area contributed by atoms with Crippen molar-refractivity contribution < 1.29 is 32.5 Å². The molecule has 6 nitrogen and oxygen atoms in total. The summed E-state index contributed by atoms with van der Waals surface area (Å²) in [4.78, 5) is 14.5. The van der Waals surface area contributed by atoms with Gasteiger partial charge >= 0.3 is 6.18 Å². The number of rotatable bonds is 1. The van der Waals surface area contributed by atoms with Crippen molar-refractivity contribution >= 4 is 11.6 Å². The van der Waals surface area contributed by atoms with Crippen molar-refractivity contribution in [3.8, 4) is 6.07 Å². The molecule has 4 aliphatic rings. The normalized spacial score (nSPS) is 41.3. The zero-order valence-electron chi connectivity index (χ0n) is 14.9. The Kier molecular flexibility index (Phi) is 3.36. The van der Waals surface area contributed by atoms with Crippen molar-refractivity contribution in [2.45, 2.75) is 49.5 Å². The maximum absolute atomic E-state index is 13.4. The molecule has 0 radical (unpaired) electrons. The second kappa shape index (κ2) is 5.26. The lowest BCUT2D eigenvalue weighted by molar-refractivity contribution is -0.163. The maximum Gasteiger partial charge on any atom is 0.417 e. The van der Waals surface area contributed by atoms with Crippen molar-refractivity contribution in [2.75, 3.05) is 11.5 Å².